The number of fused-ring (bicyclic) bond motifs is 1. The number of hydrogen-bond acceptors (Lipinski definition) is 10. The first kappa shape index (κ1) is 45.0. The lowest BCUT2D eigenvalue weighted by atomic mass is 9.90. The molecule has 2 aromatic heterocycles. The molecule has 2 atom stereocenters. The number of amides is 1. The normalized spacial score (nSPS) is 14.2. The summed E-state index contributed by atoms with van der Waals surface area (Å²) in [6.45, 7) is 6.49. The van der Waals surface area contributed by atoms with Crippen molar-refractivity contribution in [2.45, 2.75) is 51.4 Å². The van der Waals surface area contributed by atoms with Crippen LogP contribution in [0, 0.1) is 5.92 Å². The van der Waals surface area contributed by atoms with Gasteiger partial charge in [-0.3, -0.25) is 19.3 Å². The Morgan fingerprint density at radius 2 is 1.62 bits per heavy atom. The maximum atomic E-state index is 14.0. The number of hydrogen-bond donors (Lipinski definition) is 5. The van der Waals surface area contributed by atoms with Crippen LogP contribution in [0.3, 0.4) is 0 Å². The summed E-state index contributed by atoms with van der Waals surface area (Å²) in [5.41, 5.74) is 5.82. The topological polar surface area (TPSA) is 153 Å². The summed E-state index contributed by atoms with van der Waals surface area (Å²) in [6, 6.07) is 43.8. The van der Waals surface area contributed by atoms with Crippen LogP contribution in [-0.4, -0.2) is 64.8 Å². The second-order valence-corrected chi connectivity index (χ2v) is 17.6. The molecule has 1 saturated heterocycles. The number of benzene rings is 5. The van der Waals surface area contributed by atoms with Gasteiger partial charge in [0.15, 0.2) is 0 Å². The van der Waals surface area contributed by atoms with Crippen LogP contribution >= 0.6 is 11.3 Å². The first-order valence-electron chi connectivity index (χ1n) is 22.2. The van der Waals surface area contributed by atoms with E-state index in [2.05, 4.69) is 50.8 Å². The van der Waals surface area contributed by atoms with Gasteiger partial charge in [-0.25, -0.2) is 0 Å². The standard InChI is InChI=1S/C53H54N4O7S/c1-2-63-47-29-40(16-17-41(47)30-54-32-46(59)43-19-21-45(58)51-44(43)20-23-49(60)56-51)52(61)55-31-42-18-22-48(65-42)38-14-9-15-39(28-38)50(37-12-7-4-8-13-37)53(62)64-34-36-24-26-57(27-25-36)33-35-10-5-3-6-11-35/h3-23,28-29,36,46,50,54,58-59H,2,24-27,30-34H2,1H3,(H,55,61)(H,56,60)/t46-,50?/m0/s1. The number of carbonyl (C=O) groups excluding carboxylic acids is 2. The van der Waals surface area contributed by atoms with E-state index < -0.39 is 12.0 Å². The Kier molecular flexibility index (Phi) is 14.8. The first-order valence-corrected chi connectivity index (χ1v) is 23.0. The number of phenolic OH excluding ortho intramolecular Hbond substituents is 1. The smallest absolute Gasteiger partial charge is 0.317 e. The van der Waals surface area contributed by atoms with Crippen molar-refractivity contribution in [3.8, 4) is 21.9 Å². The van der Waals surface area contributed by atoms with Crippen LogP contribution < -0.4 is 20.9 Å². The van der Waals surface area contributed by atoms with Crippen molar-refractivity contribution < 1.29 is 29.3 Å². The highest BCUT2D eigenvalue weighted by atomic mass is 32.1. The average Bonchev–Trinajstić information content (AvgIpc) is 3.81. The molecule has 12 heteroatoms. The van der Waals surface area contributed by atoms with Gasteiger partial charge in [0.25, 0.3) is 5.91 Å². The third-order valence-corrected chi connectivity index (χ3v) is 13.1. The molecule has 8 rings (SSSR count). The Morgan fingerprint density at radius 1 is 0.846 bits per heavy atom. The number of esters is 1. The quantitative estimate of drug-likeness (QED) is 0.0533. The van der Waals surface area contributed by atoms with E-state index in [1.165, 1.54) is 17.7 Å². The van der Waals surface area contributed by atoms with Crippen LogP contribution in [-0.2, 0) is 29.2 Å². The van der Waals surface area contributed by atoms with Crippen molar-refractivity contribution in [2.24, 2.45) is 5.92 Å². The number of aromatic hydroxyl groups is 1. The zero-order chi connectivity index (χ0) is 45.1. The predicted octanol–water partition coefficient (Wildman–Crippen LogP) is 8.70. The zero-order valence-electron chi connectivity index (χ0n) is 36.4. The highest BCUT2D eigenvalue weighted by Gasteiger charge is 2.27. The molecule has 0 bridgehead atoms. The van der Waals surface area contributed by atoms with E-state index in [-0.39, 0.29) is 35.2 Å². The minimum Gasteiger partial charge on any atom is -0.506 e. The maximum absolute atomic E-state index is 14.0. The fourth-order valence-corrected chi connectivity index (χ4v) is 9.39. The molecule has 0 radical (unpaired) electrons. The number of thiophene rings is 1. The van der Waals surface area contributed by atoms with Crippen molar-refractivity contribution in [1.29, 1.82) is 0 Å². The number of piperidine rings is 1. The number of ether oxygens (including phenoxy) is 2. The Balaban J connectivity index is 0.864. The van der Waals surface area contributed by atoms with Crippen LogP contribution in [0.4, 0.5) is 0 Å². The SMILES string of the molecule is CCOc1cc(C(=O)NCc2ccc(-c3cccc(C(C(=O)OCC4CCN(Cc5ccccc5)CC4)c4ccccc4)c3)s2)ccc1CNC[C@H](O)c1ccc(O)c2[nH]c(=O)ccc12. The Labute approximate surface area is 382 Å². The van der Waals surface area contributed by atoms with Gasteiger partial charge >= 0.3 is 5.97 Å². The summed E-state index contributed by atoms with van der Waals surface area (Å²) in [5.74, 6) is -0.230. The number of nitrogens with zero attached hydrogens (tertiary/aromatic N) is 1. The van der Waals surface area contributed by atoms with E-state index in [9.17, 15) is 24.6 Å². The molecule has 1 amide bonds. The van der Waals surface area contributed by atoms with E-state index in [1.54, 1.807) is 35.6 Å². The first-order chi connectivity index (χ1) is 31.7. The maximum Gasteiger partial charge on any atom is 0.317 e. The summed E-state index contributed by atoms with van der Waals surface area (Å²) < 4.78 is 12.0. The number of aliphatic hydroxyl groups is 1. The number of pyridine rings is 1. The molecule has 1 fully saturated rings. The summed E-state index contributed by atoms with van der Waals surface area (Å²) in [5, 5.41) is 28.1. The fourth-order valence-electron chi connectivity index (χ4n) is 8.45. The molecule has 7 aromatic rings. The van der Waals surface area contributed by atoms with Crippen molar-refractivity contribution in [2.75, 3.05) is 32.8 Å². The van der Waals surface area contributed by atoms with Crippen LogP contribution in [0.15, 0.2) is 144 Å². The third kappa shape index (κ3) is 11.4. The number of rotatable bonds is 18. The average molecular weight is 891 g/mol. The van der Waals surface area contributed by atoms with E-state index in [0.29, 0.717) is 54.5 Å². The third-order valence-electron chi connectivity index (χ3n) is 11.9. The Hall–Kier alpha value is -6.57. The van der Waals surface area contributed by atoms with Crippen molar-refractivity contribution in [3.63, 3.8) is 0 Å². The molecule has 1 aliphatic rings. The zero-order valence-corrected chi connectivity index (χ0v) is 37.2. The lowest BCUT2D eigenvalue weighted by Crippen LogP contribution is -2.35. The predicted molar refractivity (Wildman–Crippen MR) is 255 cm³/mol. The fraction of sp³-hybridized carbons (Fsp3) is 0.264. The van der Waals surface area contributed by atoms with E-state index >= 15 is 0 Å². The van der Waals surface area contributed by atoms with Crippen LogP contribution in [0.2, 0.25) is 0 Å². The molecule has 334 valence electrons. The molecule has 0 spiro atoms. The van der Waals surface area contributed by atoms with Gasteiger partial charge in [0, 0.05) is 52.0 Å². The highest BCUT2D eigenvalue weighted by Crippen LogP contribution is 2.34. The number of H-pyrrole nitrogens is 1. The molecular weight excluding hydrogens is 837 g/mol. The van der Waals surface area contributed by atoms with E-state index in [1.807, 2.05) is 79.7 Å². The minimum atomic E-state index is -0.920. The minimum absolute atomic E-state index is 0.0699. The number of phenols is 1. The lowest BCUT2D eigenvalue weighted by Gasteiger charge is -2.32. The van der Waals surface area contributed by atoms with Crippen LogP contribution in [0.1, 0.15) is 74.8 Å². The van der Waals surface area contributed by atoms with Crippen molar-refractivity contribution >= 4 is 34.1 Å². The monoisotopic (exact) mass is 890 g/mol. The number of nitrogens with one attached hydrogen (secondary N) is 3. The Morgan fingerprint density at radius 3 is 2.40 bits per heavy atom. The van der Waals surface area contributed by atoms with Crippen molar-refractivity contribution in [3.05, 3.63) is 188 Å². The summed E-state index contributed by atoms with van der Waals surface area (Å²) >= 11 is 1.59. The second kappa shape index (κ2) is 21.4. The molecule has 11 nitrogen and oxygen atoms in total. The number of likely N-dealkylation sites (tertiary alicyclic amines) is 1. The van der Waals surface area contributed by atoms with Gasteiger partial charge in [-0.1, -0.05) is 91.0 Å². The summed E-state index contributed by atoms with van der Waals surface area (Å²) in [7, 11) is 0. The number of carbonyl (C=O) groups is 2. The van der Waals surface area contributed by atoms with Gasteiger partial charge in [0.1, 0.15) is 17.4 Å². The molecule has 1 aliphatic heterocycles. The molecule has 5 aromatic carbocycles. The molecule has 5 N–H and O–H groups in total. The van der Waals surface area contributed by atoms with Crippen LogP contribution in [0.5, 0.6) is 11.5 Å². The van der Waals surface area contributed by atoms with Crippen molar-refractivity contribution in [1.82, 2.24) is 20.5 Å². The molecule has 0 aliphatic carbocycles. The van der Waals surface area contributed by atoms with Gasteiger partial charge in [-0.05, 0) is 109 Å². The number of aromatic nitrogens is 1. The summed E-state index contributed by atoms with van der Waals surface area (Å²) in [4.78, 5) is 46.3. The summed E-state index contributed by atoms with van der Waals surface area (Å²) in [6.07, 6.45) is 1.07. The molecule has 3 heterocycles. The lowest BCUT2D eigenvalue weighted by molar-refractivity contribution is -0.146. The molecule has 0 saturated carbocycles. The van der Waals surface area contributed by atoms with E-state index in [0.717, 1.165) is 64.5 Å². The number of aromatic amines is 1. The number of aliphatic hydroxyl groups excluding tert-OH is 1. The van der Waals surface area contributed by atoms with Gasteiger partial charge in [-0.2, -0.15) is 0 Å². The second-order valence-electron chi connectivity index (χ2n) is 16.4. The van der Waals surface area contributed by atoms with Gasteiger partial charge in [-0.15, -0.1) is 11.3 Å². The van der Waals surface area contributed by atoms with E-state index in [4.69, 9.17) is 9.47 Å². The van der Waals surface area contributed by atoms with Gasteiger partial charge < -0.3 is 35.3 Å². The Bertz CT molecular complexity index is 2770. The highest BCUT2D eigenvalue weighted by molar-refractivity contribution is 7.15. The van der Waals surface area contributed by atoms with Crippen LogP contribution in [0.25, 0.3) is 21.3 Å². The van der Waals surface area contributed by atoms with Gasteiger partial charge in [0.05, 0.1) is 31.4 Å². The van der Waals surface area contributed by atoms with Gasteiger partial charge in [0.2, 0.25) is 5.56 Å². The molecule has 65 heavy (non-hydrogen) atoms. The molecular formula is C53H54N4O7S. The molecule has 1 unspecified atom stereocenters. The largest absolute Gasteiger partial charge is 0.506 e.